The Balaban J connectivity index is 1.50. The van der Waals surface area contributed by atoms with E-state index in [1.807, 2.05) is 36.4 Å². The molecule has 31 heavy (non-hydrogen) atoms. The number of alkyl halides is 3. The summed E-state index contributed by atoms with van der Waals surface area (Å²) in [5, 5.41) is 1.85. The molecule has 1 amide bonds. The minimum Gasteiger partial charge on any atom is -0.496 e. The molecule has 1 aliphatic heterocycles. The monoisotopic (exact) mass is 449 g/mol. The van der Waals surface area contributed by atoms with Crippen LogP contribution in [0.5, 0.6) is 5.75 Å². The average Bonchev–Trinajstić information content (AvgIpc) is 2.77. The van der Waals surface area contributed by atoms with Gasteiger partial charge in [0, 0.05) is 32.4 Å². The lowest BCUT2D eigenvalue weighted by molar-refractivity contribution is -0.137. The van der Waals surface area contributed by atoms with Gasteiger partial charge in [-0.3, -0.25) is 4.79 Å². The SMILES string of the molecule is COc1cc2ccccc2cc1C(=O)N1CCN(c2ncc(C(F)(F)F)cc2Cl)CC1. The Bertz CT molecular complexity index is 1130. The fourth-order valence-electron chi connectivity index (χ4n) is 3.67. The maximum Gasteiger partial charge on any atom is 0.417 e. The molecule has 1 aliphatic rings. The third kappa shape index (κ3) is 4.25. The smallest absolute Gasteiger partial charge is 0.417 e. The van der Waals surface area contributed by atoms with E-state index in [0.29, 0.717) is 37.5 Å². The summed E-state index contributed by atoms with van der Waals surface area (Å²) in [5.74, 6) is 0.623. The van der Waals surface area contributed by atoms with Gasteiger partial charge in [-0.2, -0.15) is 13.2 Å². The van der Waals surface area contributed by atoms with Gasteiger partial charge in [-0.05, 0) is 29.0 Å². The predicted molar refractivity (Wildman–Crippen MR) is 113 cm³/mol. The van der Waals surface area contributed by atoms with Crippen molar-refractivity contribution in [2.75, 3.05) is 38.2 Å². The first kappa shape index (κ1) is 21.2. The summed E-state index contributed by atoms with van der Waals surface area (Å²) in [5.41, 5.74) is -0.418. The molecule has 1 saturated heterocycles. The Morgan fingerprint density at radius 3 is 2.29 bits per heavy atom. The number of amides is 1. The Labute approximate surface area is 182 Å². The highest BCUT2D eigenvalue weighted by atomic mass is 35.5. The summed E-state index contributed by atoms with van der Waals surface area (Å²) in [4.78, 5) is 20.5. The number of hydrogen-bond acceptors (Lipinski definition) is 4. The zero-order valence-electron chi connectivity index (χ0n) is 16.6. The third-order valence-electron chi connectivity index (χ3n) is 5.31. The maximum absolute atomic E-state index is 13.1. The van der Waals surface area contributed by atoms with E-state index in [1.54, 1.807) is 9.80 Å². The van der Waals surface area contributed by atoms with E-state index in [2.05, 4.69) is 4.98 Å². The number of aromatic nitrogens is 1. The molecule has 3 aromatic rings. The van der Waals surface area contributed by atoms with E-state index >= 15 is 0 Å². The van der Waals surface area contributed by atoms with E-state index in [4.69, 9.17) is 16.3 Å². The second-order valence-electron chi connectivity index (χ2n) is 7.21. The van der Waals surface area contributed by atoms with Gasteiger partial charge in [-0.25, -0.2) is 4.98 Å². The normalized spacial score (nSPS) is 14.7. The number of piperazine rings is 1. The van der Waals surface area contributed by atoms with Crippen LogP contribution < -0.4 is 9.64 Å². The molecule has 9 heteroatoms. The summed E-state index contributed by atoms with van der Waals surface area (Å²) in [6.45, 7) is 1.57. The van der Waals surface area contributed by atoms with Crippen molar-refractivity contribution in [1.82, 2.24) is 9.88 Å². The number of carbonyl (C=O) groups is 1. The van der Waals surface area contributed by atoms with E-state index < -0.39 is 11.7 Å². The van der Waals surface area contributed by atoms with Crippen LogP contribution in [-0.4, -0.2) is 49.1 Å². The number of ether oxygens (including phenoxy) is 1. The van der Waals surface area contributed by atoms with Crippen LogP contribution in [0.2, 0.25) is 5.02 Å². The lowest BCUT2D eigenvalue weighted by Gasteiger charge is -2.36. The van der Waals surface area contributed by atoms with Crippen LogP contribution in [0.4, 0.5) is 19.0 Å². The molecular formula is C22H19ClF3N3O2. The van der Waals surface area contributed by atoms with Crippen molar-refractivity contribution in [2.24, 2.45) is 0 Å². The lowest BCUT2D eigenvalue weighted by Crippen LogP contribution is -2.49. The Kier molecular flexibility index (Phi) is 5.66. The molecule has 4 rings (SSSR count). The summed E-state index contributed by atoms with van der Waals surface area (Å²) >= 11 is 6.06. The van der Waals surface area contributed by atoms with Gasteiger partial charge in [0.25, 0.3) is 5.91 Å². The highest BCUT2D eigenvalue weighted by Crippen LogP contribution is 2.34. The predicted octanol–water partition coefficient (Wildman–Crippen LogP) is 4.88. The van der Waals surface area contributed by atoms with Crippen LogP contribution in [-0.2, 0) is 6.18 Å². The molecule has 0 aliphatic carbocycles. The van der Waals surface area contributed by atoms with Crippen molar-refractivity contribution >= 4 is 34.1 Å². The number of benzene rings is 2. The first-order valence-electron chi connectivity index (χ1n) is 9.61. The van der Waals surface area contributed by atoms with Crippen molar-refractivity contribution in [3.05, 3.63) is 64.8 Å². The molecule has 0 N–H and O–H groups in total. The number of pyridine rings is 1. The number of rotatable bonds is 3. The van der Waals surface area contributed by atoms with Crippen molar-refractivity contribution in [2.45, 2.75) is 6.18 Å². The van der Waals surface area contributed by atoms with E-state index in [0.717, 1.165) is 23.0 Å². The second kappa shape index (κ2) is 8.26. The molecule has 0 saturated carbocycles. The lowest BCUT2D eigenvalue weighted by atomic mass is 10.0. The Morgan fingerprint density at radius 2 is 1.71 bits per heavy atom. The number of fused-ring (bicyclic) bond motifs is 1. The zero-order chi connectivity index (χ0) is 22.2. The molecule has 5 nitrogen and oxygen atoms in total. The minimum absolute atomic E-state index is 0.0641. The molecule has 0 bridgehead atoms. The van der Waals surface area contributed by atoms with Crippen LogP contribution in [0, 0.1) is 0 Å². The number of nitrogens with zero attached hydrogens (tertiary/aromatic N) is 3. The van der Waals surface area contributed by atoms with Gasteiger partial charge < -0.3 is 14.5 Å². The fraction of sp³-hybridized carbons (Fsp3) is 0.273. The Hall–Kier alpha value is -3.00. The highest BCUT2D eigenvalue weighted by molar-refractivity contribution is 6.33. The van der Waals surface area contributed by atoms with Gasteiger partial charge in [-0.15, -0.1) is 0 Å². The highest BCUT2D eigenvalue weighted by Gasteiger charge is 2.32. The number of methoxy groups -OCH3 is 1. The van der Waals surface area contributed by atoms with Crippen molar-refractivity contribution in [3.63, 3.8) is 0 Å². The molecule has 0 unspecified atom stereocenters. The first-order chi connectivity index (χ1) is 14.8. The fourth-order valence-corrected chi connectivity index (χ4v) is 3.95. The minimum atomic E-state index is -4.50. The van der Waals surface area contributed by atoms with Crippen molar-refractivity contribution < 1.29 is 22.7 Å². The molecule has 0 radical (unpaired) electrons. The quantitative estimate of drug-likeness (QED) is 0.572. The van der Waals surface area contributed by atoms with Crippen LogP contribution in [0.25, 0.3) is 10.8 Å². The number of halogens is 4. The standard InChI is InChI=1S/C22H19ClF3N3O2/c1-31-19-11-15-5-3-2-4-14(15)10-17(19)21(30)29-8-6-28(7-9-29)20-18(23)12-16(13-27-20)22(24,25)26/h2-5,10-13H,6-9H2,1H3. The molecule has 162 valence electrons. The average molecular weight is 450 g/mol. The number of hydrogen-bond donors (Lipinski definition) is 0. The molecule has 0 spiro atoms. The van der Waals surface area contributed by atoms with Gasteiger partial charge in [0.05, 0.1) is 23.3 Å². The summed E-state index contributed by atoms with van der Waals surface area (Å²) in [7, 11) is 1.52. The van der Waals surface area contributed by atoms with Crippen LogP contribution >= 0.6 is 11.6 Å². The molecule has 2 aromatic carbocycles. The first-order valence-corrected chi connectivity index (χ1v) is 9.99. The number of carbonyl (C=O) groups excluding carboxylic acids is 1. The van der Waals surface area contributed by atoms with Crippen LogP contribution in [0.1, 0.15) is 15.9 Å². The van der Waals surface area contributed by atoms with Gasteiger partial charge in [0.15, 0.2) is 0 Å². The van der Waals surface area contributed by atoms with Gasteiger partial charge in [0.2, 0.25) is 0 Å². The summed E-state index contributed by atoms with van der Waals surface area (Å²) < 4.78 is 43.9. The second-order valence-corrected chi connectivity index (χ2v) is 7.61. The maximum atomic E-state index is 13.1. The van der Waals surface area contributed by atoms with Gasteiger partial charge in [-0.1, -0.05) is 35.9 Å². The molecule has 2 heterocycles. The van der Waals surface area contributed by atoms with Crippen molar-refractivity contribution in [3.8, 4) is 5.75 Å². The van der Waals surface area contributed by atoms with E-state index in [9.17, 15) is 18.0 Å². The Morgan fingerprint density at radius 1 is 1.06 bits per heavy atom. The van der Waals surface area contributed by atoms with Crippen LogP contribution in [0.15, 0.2) is 48.7 Å². The topological polar surface area (TPSA) is 45.7 Å². The summed E-state index contributed by atoms with van der Waals surface area (Å²) in [6, 6.07) is 12.2. The zero-order valence-corrected chi connectivity index (χ0v) is 17.4. The third-order valence-corrected chi connectivity index (χ3v) is 5.59. The largest absolute Gasteiger partial charge is 0.496 e. The van der Waals surface area contributed by atoms with Gasteiger partial charge in [0.1, 0.15) is 11.6 Å². The van der Waals surface area contributed by atoms with E-state index in [-0.39, 0.29) is 16.7 Å². The molecule has 0 atom stereocenters. The van der Waals surface area contributed by atoms with Crippen molar-refractivity contribution in [1.29, 1.82) is 0 Å². The summed E-state index contributed by atoms with van der Waals surface area (Å²) in [6.07, 6.45) is -3.72. The number of anilines is 1. The van der Waals surface area contributed by atoms with Crippen LogP contribution in [0.3, 0.4) is 0 Å². The molecular weight excluding hydrogens is 431 g/mol. The van der Waals surface area contributed by atoms with Gasteiger partial charge >= 0.3 is 6.18 Å². The molecule has 1 fully saturated rings. The van der Waals surface area contributed by atoms with E-state index in [1.165, 1.54) is 7.11 Å². The molecule has 1 aromatic heterocycles.